The molecular formula is C26H22N6OS. The lowest BCUT2D eigenvalue weighted by atomic mass is 10.1. The van der Waals surface area contributed by atoms with E-state index in [9.17, 15) is 4.79 Å². The molecule has 5 aromatic rings. The van der Waals surface area contributed by atoms with E-state index in [1.54, 1.807) is 10.7 Å². The number of carbonyl (C=O) groups excluding carboxylic acids is 1. The Morgan fingerprint density at radius 3 is 2.53 bits per heavy atom. The molecule has 5 rings (SSSR count). The Labute approximate surface area is 201 Å². The van der Waals surface area contributed by atoms with Crippen molar-refractivity contribution >= 4 is 29.3 Å². The summed E-state index contributed by atoms with van der Waals surface area (Å²) in [6.45, 7) is 3.91. The summed E-state index contributed by atoms with van der Waals surface area (Å²) in [6, 6.07) is 23.3. The van der Waals surface area contributed by atoms with Gasteiger partial charge in [0.15, 0.2) is 0 Å². The van der Waals surface area contributed by atoms with Gasteiger partial charge in [0.1, 0.15) is 5.82 Å². The number of fused-ring (bicyclic) bond motifs is 1. The molecule has 1 N–H and O–H groups in total. The second kappa shape index (κ2) is 9.44. The molecule has 7 nitrogen and oxygen atoms in total. The van der Waals surface area contributed by atoms with Crippen LogP contribution in [-0.2, 0) is 5.75 Å². The topological polar surface area (TPSA) is 85.1 Å². The molecule has 0 aliphatic carbocycles. The van der Waals surface area contributed by atoms with Gasteiger partial charge < -0.3 is 5.32 Å². The minimum atomic E-state index is -0.202. The Hall–Kier alpha value is -4.04. The molecule has 0 saturated heterocycles. The highest BCUT2D eigenvalue weighted by Gasteiger charge is 2.14. The number of thioether (sulfide) groups is 1. The van der Waals surface area contributed by atoms with Gasteiger partial charge >= 0.3 is 0 Å². The van der Waals surface area contributed by atoms with Crippen molar-refractivity contribution < 1.29 is 4.79 Å². The Morgan fingerprint density at radius 2 is 1.74 bits per heavy atom. The highest BCUT2D eigenvalue weighted by Crippen LogP contribution is 2.24. The standard InChI is InChI=1S/C26H22N6OS/c1-17-14-18(2)32-25(28-17)30-26(31-32)34-16-21-10-6-7-11-22(21)24(33)29-23-13-12-20(15-27-23)19-8-4-3-5-9-19/h3-15H,16H2,1-2H3,(H,27,29,33). The fourth-order valence-corrected chi connectivity index (χ4v) is 4.49. The van der Waals surface area contributed by atoms with Crippen molar-refractivity contribution in [2.75, 3.05) is 5.32 Å². The van der Waals surface area contributed by atoms with Crippen LogP contribution in [0.1, 0.15) is 27.3 Å². The van der Waals surface area contributed by atoms with E-state index in [4.69, 9.17) is 0 Å². The molecule has 8 heteroatoms. The first-order chi connectivity index (χ1) is 16.6. The van der Waals surface area contributed by atoms with Crippen molar-refractivity contribution in [1.29, 1.82) is 0 Å². The zero-order valence-corrected chi connectivity index (χ0v) is 19.6. The number of anilines is 1. The number of carbonyl (C=O) groups is 1. The average Bonchev–Trinajstić information content (AvgIpc) is 3.27. The predicted molar refractivity (Wildman–Crippen MR) is 134 cm³/mol. The van der Waals surface area contributed by atoms with Crippen molar-refractivity contribution in [2.45, 2.75) is 24.8 Å². The Morgan fingerprint density at radius 1 is 0.941 bits per heavy atom. The molecule has 2 aromatic carbocycles. The second-order valence-corrected chi connectivity index (χ2v) is 8.79. The van der Waals surface area contributed by atoms with Gasteiger partial charge in [0, 0.05) is 34.5 Å². The van der Waals surface area contributed by atoms with Gasteiger partial charge in [-0.3, -0.25) is 4.79 Å². The SMILES string of the molecule is Cc1cc(C)n2nc(SCc3ccccc3C(=O)Nc3ccc(-c4ccccc4)cn3)nc2n1. The predicted octanol–water partition coefficient (Wildman–Crippen LogP) is 5.35. The fourth-order valence-electron chi connectivity index (χ4n) is 3.67. The maximum absolute atomic E-state index is 13.0. The molecule has 0 unspecified atom stereocenters. The molecule has 0 aliphatic rings. The monoisotopic (exact) mass is 466 g/mol. The quantitative estimate of drug-likeness (QED) is 0.340. The van der Waals surface area contributed by atoms with Gasteiger partial charge in [-0.1, -0.05) is 60.3 Å². The van der Waals surface area contributed by atoms with Crippen molar-refractivity contribution in [3.8, 4) is 11.1 Å². The summed E-state index contributed by atoms with van der Waals surface area (Å²) >= 11 is 1.47. The molecule has 3 heterocycles. The Kier molecular flexibility index (Phi) is 6.05. The van der Waals surface area contributed by atoms with Crippen LogP contribution < -0.4 is 5.32 Å². The summed E-state index contributed by atoms with van der Waals surface area (Å²) in [5.41, 5.74) is 5.45. The number of rotatable bonds is 6. The zero-order chi connectivity index (χ0) is 23.5. The number of nitrogens with zero attached hydrogens (tertiary/aromatic N) is 5. The van der Waals surface area contributed by atoms with Crippen LogP contribution in [0.2, 0.25) is 0 Å². The normalized spacial score (nSPS) is 11.0. The minimum absolute atomic E-state index is 0.202. The maximum atomic E-state index is 13.0. The molecule has 0 atom stereocenters. The Bertz CT molecular complexity index is 1460. The largest absolute Gasteiger partial charge is 0.307 e. The molecule has 0 spiro atoms. The van der Waals surface area contributed by atoms with Crippen LogP contribution in [0.3, 0.4) is 0 Å². The van der Waals surface area contributed by atoms with Gasteiger partial charge in [-0.05, 0) is 49.2 Å². The van der Waals surface area contributed by atoms with Gasteiger partial charge in [0.05, 0.1) is 0 Å². The first kappa shape index (κ1) is 21.8. The molecule has 34 heavy (non-hydrogen) atoms. The van der Waals surface area contributed by atoms with Crippen LogP contribution in [-0.4, -0.2) is 30.5 Å². The molecule has 3 aromatic heterocycles. The summed E-state index contributed by atoms with van der Waals surface area (Å²) in [6.07, 6.45) is 1.76. The summed E-state index contributed by atoms with van der Waals surface area (Å²) in [5, 5.41) is 8.07. The van der Waals surface area contributed by atoms with Crippen LogP contribution in [0.4, 0.5) is 5.82 Å². The molecule has 0 saturated carbocycles. The van der Waals surface area contributed by atoms with E-state index in [0.29, 0.717) is 28.1 Å². The number of aromatic nitrogens is 5. The Balaban J connectivity index is 1.30. The molecule has 0 fully saturated rings. The van der Waals surface area contributed by atoms with Gasteiger partial charge in [-0.15, -0.1) is 5.10 Å². The highest BCUT2D eigenvalue weighted by atomic mass is 32.2. The minimum Gasteiger partial charge on any atom is -0.307 e. The molecular weight excluding hydrogens is 444 g/mol. The van der Waals surface area contributed by atoms with Crippen molar-refractivity contribution in [1.82, 2.24) is 24.6 Å². The van der Waals surface area contributed by atoms with E-state index in [2.05, 4.69) is 25.4 Å². The number of benzene rings is 2. The number of nitrogens with one attached hydrogen (secondary N) is 1. The molecule has 0 bridgehead atoms. The smallest absolute Gasteiger partial charge is 0.257 e. The van der Waals surface area contributed by atoms with E-state index in [1.165, 1.54) is 11.8 Å². The van der Waals surface area contributed by atoms with E-state index in [1.807, 2.05) is 86.6 Å². The van der Waals surface area contributed by atoms with Crippen molar-refractivity contribution in [3.05, 3.63) is 102 Å². The van der Waals surface area contributed by atoms with Crippen molar-refractivity contribution in [3.63, 3.8) is 0 Å². The third-order valence-electron chi connectivity index (χ3n) is 5.33. The number of aryl methyl sites for hydroxylation is 2. The average molecular weight is 467 g/mol. The van der Waals surface area contributed by atoms with E-state index < -0.39 is 0 Å². The van der Waals surface area contributed by atoms with Gasteiger partial charge in [-0.2, -0.15) is 4.98 Å². The van der Waals surface area contributed by atoms with Crippen LogP contribution >= 0.6 is 11.8 Å². The summed E-state index contributed by atoms with van der Waals surface area (Å²) < 4.78 is 1.73. The van der Waals surface area contributed by atoms with Crippen LogP contribution in [0.15, 0.2) is 84.1 Å². The molecule has 1 amide bonds. The lowest BCUT2D eigenvalue weighted by Crippen LogP contribution is -2.14. The molecule has 0 aliphatic heterocycles. The van der Waals surface area contributed by atoms with E-state index in [-0.39, 0.29) is 5.91 Å². The molecule has 168 valence electrons. The van der Waals surface area contributed by atoms with Gasteiger partial charge in [0.2, 0.25) is 5.16 Å². The van der Waals surface area contributed by atoms with Crippen molar-refractivity contribution in [2.24, 2.45) is 0 Å². The first-order valence-electron chi connectivity index (χ1n) is 10.8. The highest BCUT2D eigenvalue weighted by molar-refractivity contribution is 7.98. The van der Waals surface area contributed by atoms with Gasteiger partial charge in [0.25, 0.3) is 11.7 Å². The van der Waals surface area contributed by atoms with E-state index >= 15 is 0 Å². The fraction of sp³-hybridized carbons (Fsp3) is 0.115. The second-order valence-electron chi connectivity index (χ2n) is 7.84. The van der Waals surface area contributed by atoms with Crippen LogP contribution in [0, 0.1) is 13.8 Å². The number of amides is 1. The zero-order valence-electron chi connectivity index (χ0n) is 18.8. The lowest BCUT2D eigenvalue weighted by molar-refractivity contribution is 0.102. The summed E-state index contributed by atoms with van der Waals surface area (Å²) in [5.74, 6) is 1.44. The van der Waals surface area contributed by atoms with Crippen LogP contribution in [0.25, 0.3) is 16.9 Å². The number of pyridine rings is 1. The maximum Gasteiger partial charge on any atom is 0.257 e. The number of hydrogen-bond acceptors (Lipinski definition) is 6. The third kappa shape index (κ3) is 4.67. The van der Waals surface area contributed by atoms with E-state index in [0.717, 1.165) is 28.1 Å². The molecule has 0 radical (unpaired) electrons. The first-order valence-corrected chi connectivity index (χ1v) is 11.8. The third-order valence-corrected chi connectivity index (χ3v) is 6.22. The lowest BCUT2D eigenvalue weighted by Gasteiger charge is -2.09. The van der Waals surface area contributed by atoms with Crippen LogP contribution in [0.5, 0.6) is 0 Å². The summed E-state index contributed by atoms with van der Waals surface area (Å²) in [7, 11) is 0. The van der Waals surface area contributed by atoms with Gasteiger partial charge in [-0.25, -0.2) is 14.5 Å². The summed E-state index contributed by atoms with van der Waals surface area (Å²) in [4.78, 5) is 26.4. The number of hydrogen-bond donors (Lipinski definition) is 1.